The van der Waals surface area contributed by atoms with Crippen molar-refractivity contribution < 1.29 is 4.79 Å². The van der Waals surface area contributed by atoms with Crippen LogP contribution < -0.4 is 16.2 Å². The molecule has 3 N–H and O–H groups in total. The standard InChI is InChI=1S/C13H13N3O/c17-13(14-11-7-3-1-4-8-11)16-15-12-9-5-2-6-10-12/h1-10,15H,(H2,14,16,17). The van der Waals surface area contributed by atoms with Crippen LogP contribution in [0.4, 0.5) is 16.2 Å². The summed E-state index contributed by atoms with van der Waals surface area (Å²) in [5.41, 5.74) is 6.93. The van der Waals surface area contributed by atoms with Gasteiger partial charge in [-0.05, 0) is 24.3 Å². The summed E-state index contributed by atoms with van der Waals surface area (Å²) >= 11 is 0. The Balaban J connectivity index is 1.83. The smallest absolute Gasteiger partial charge is 0.307 e. The molecule has 2 aromatic carbocycles. The molecular formula is C13H13N3O. The zero-order chi connectivity index (χ0) is 11.9. The van der Waals surface area contributed by atoms with Gasteiger partial charge in [-0.1, -0.05) is 36.4 Å². The van der Waals surface area contributed by atoms with Gasteiger partial charge in [0, 0.05) is 5.69 Å². The lowest BCUT2D eigenvalue weighted by Crippen LogP contribution is -2.33. The third kappa shape index (κ3) is 3.53. The minimum atomic E-state index is -0.306. The van der Waals surface area contributed by atoms with Gasteiger partial charge in [0.2, 0.25) is 0 Å². The second-order valence-corrected chi connectivity index (χ2v) is 3.44. The Morgan fingerprint density at radius 2 is 1.29 bits per heavy atom. The van der Waals surface area contributed by atoms with Gasteiger partial charge in [0.05, 0.1) is 5.69 Å². The number of amides is 2. The third-order valence-corrected chi connectivity index (χ3v) is 2.13. The van der Waals surface area contributed by atoms with Crippen LogP contribution in [0.15, 0.2) is 60.7 Å². The minimum absolute atomic E-state index is 0.306. The fourth-order valence-corrected chi connectivity index (χ4v) is 1.33. The Morgan fingerprint density at radius 1 is 0.765 bits per heavy atom. The summed E-state index contributed by atoms with van der Waals surface area (Å²) in [6.07, 6.45) is 0. The number of hydrogen-bond donors (Lipinski definition) is 3. The van der Waals surface area contributed by atoms with Crippen LogP contribution in [0.3, 0.4) is 0 Å². The highest BCUT2D eigenvalue weighted by Crippen LogP contribution is 2.05. The van der Waals surface area contributed by atoms with Gasteiger partial charge in [0.25, 0.3) is 0 Å². The first-order valence-corrected chi connectivity index (χ1v) is 5.28. The molecule has 0 aliphatic rings. The van der Waals surface area contributed by atoms with Gasteiger partial charge in [-0.3, -0.25) is 10.9 Å². The van der Waals surface area contributed by atoms with Crippen molar-refractivity contribution in [2.24, 2.45) is 0 Å². The summed E-state index contributed by atoms with van der Waals surface area (Å²) in [6, 6.07) is 18.4. The molecule has 0 aliphatic carbocycles. The van der Waals surface area contributed by atoms with Crippen molar-refractivity contribution >= 4 is 17.4 Å². The number of rotatable bonds is 3. The number of anilines is 2. The highest BCUT2D eigenvalue weighted by molar-refractivity contribution is 5.89. The third-order valence-electron chi connectivity index (χ3n) is 2.13. The van der Waals surface area contributed by atoms with Crippen LogP contribution in [0, 0.1) is 0 Å². The van der Waals surface area contributed by atoms with E-state index in [1.54, 1.807) is 0 Å². The maximum atomic E-state index is 11.5. The molecule has 0 bridgehead atoms. The van der Waals surface area contributed by atoms with E-state index >= 15 is 0 Å². The molecule has 86 valence electrons. The van der Waals surface area contributed by atoms with E-state index in [1.165, 1.54) is 0 Å². The van der Waals surface area contributed by atoms with Crippen LogP contribution in [0.2, 0.25) is 0 Å². The highest BCUT2D eigenvalue weighted by Gasteiger charge is 1.99. The van der Waals surface area contributed by atoms with Crippen LogP contribution in [-0.2, 0) is 0 Å². The lowest BCUT2D eigenvalue weighted by Gasteiger charge is -2.09. The summed E-state index contributed by atoms with van der Waals surface area (Å²) in [7, 11) is 0. The van der Waals surface area contributed by atoms with Gasteiger partial charge in [0.15, 0.2) is 0 Å². The van der Waals surface area contributed by atoms with Gasteiger partial charge in [-0.2, -0.15) is 0 Å². The van der Waals surface area contributed by atoms with Crippen molar-refractivity contribution in [3.63, 3.8) is 0 Å². The average molecular weight is 227 g/mol. The van der Waals surface area contributed by atoms with Gasteiger partial charge in [0.1, 0.15) is 0 Å². The molecule has 2 aromatic rings. The second-order valence-electron chi connectivity index (χ2n) is 3.44. The van der Waals surface area contributed by atoms with E-state index in [2.05, 4.69) is 16.2 Å². The maximum absolute atomic E-state index is 11.5. The number of hydrazine groups is 1. The Labute approximate surface area is 99.6 Å². The molecule has 0 spiro atoms. The predicted molar refractivity (Wildman–Crippen MR) is 68.7 cm³/mol. The topological polar surface area (TPSA) is 53.2 Å². The van der Waals surface area contributed by atoms with E-state index in [4.69, 9.17) is 0 Å². The molecule has 17 heavy (non-hydrogen) atoms. The van der Waals surface area contributed by atoms with E-state index in [1.807, 2.05) is 60.7 Å². The molecule has 0 heterocycles. The zero-order valence-corrected chi connectivity index (χ0v) is 9.18. The number of hydrogen-bond acceptors (Lipinski definition) is 2. The van der Waals surface area contributed by atoms with Crippen molar-refractivity contribution in [2.75, 3.05) is 10.7 Å². The number of carbonyl (C=O) groups is 1. The minimum Gasteiger partial charge on any atom is -0.307 e. The summed E-state index contributed by atoms with van der Waals surface area (Å²) in [5, 5.41) is 2.70. The first kappa shape index (κ1) is 11.0. The van der Waals surface area contributed by atoms with Crippen molar-refractivity contribution in [2.45, 2.75) is 0 Å². The van der Waals surface area contributed by atoms with E-state index in [0.717, 1.165) is 11.4 Å². The summed E-state index contributed by atoms with van der Waals surface area (Å²) < 4.78 is 0. The molecule has 0 fully saturated rings. The van der Waals surface area contributed by atoms with Gasteiger partial charge < -0.3 is 5.32 Å². The molecule has 0 aromatic heterocycles. The Morgan fingerprint density at radius 3 is 1.88 bits per heavy atom. The summed E-state index contributed by atoms with van der Waals surface area (Å²) in [4.78, 5) is 11.5. The van der Waals surface area contributed by atoms with E-state index in [9.17, 15) is 4.79 Å². The Kier molecular flexibility index (Phi) is 3.60. The van der Waals surface area contributed by atoms with E-state index in [0.29, 0.717) is 0 Å². The first-order valence-electron chi connectivity index (χ1n) is 5.28. The predicted octanol–water partition coefficient (Wildman–Crippen LogP) is 2.84. The maximum Gasteiger partial charge on any atom is 0.337 e. The molecule has 0 aliphatic heterocycles. The molecule has 4 nitrogen and oxygen atoms in total. The quantitative estimate of drug-likeness (QED) is 0.706. The van der Waals surface area contributed by atoms with Crippen molar-refractivity contribution in [1.82, 2.24) is 5.43 Å². The lowest BCUT2D eigenvalue weighted by atomic mass is 10.3. The van der Waals surface area contributed by atoms with E-state index in [-0.39, 0.29) is 6.03 Å². The largest absolute Gasteiger partial charge is 0.337 e. The zero-order valence-electron chi connectivity index (χ0n) is 9.18. The van der Waals surface area contributed by atoms with Crippen LogP contribution in [0.5, 0.6) is 0 Å². The monoisotopic (exact) mass is 227 g/mol. The van der Waals surface area contributed by atoms with Crippen molar-refractivity contribution in [1.29, 1.82) is 0 Å². The number of urea groups is 1. The van der Waals surface area contributed by atoms with Crippen LogP contribution in [0.1, 0.15) is 0 Å². The molecule has 2 amide bonds. The molecule has 2 rings (SSSR count). The molecule has 4 heteroatoms. The van der Waals surface area contributed by atoms with Crippen LogP contribution in [0.25, 0.3) is 0 Å². The van der Waals surface area contributed by atoms with Gasteiger partial charge >= 0.3 is 6.03 Å². The Bertz CT molecular complexity index is 471. The normalized spacial score (nSPS) is 9.41. The molecule has 0 radical (unpaired) electrons. The molecule has 0 unspecified atom stereocenters. The Hall–Kier alpha value is -2.49. The number of carbonyl (C=O) groups excluding carboxylic acids is 1. The number of para-hydroxylation sites is 2. The second kappa shape index (κ2) is 5.55. The molecule has 0 saturated carbocycles. The van der Waals surface area contributed by atoms with Crippen molar-refractivity contribution in [3.8, 4) is 0 Å². The number of nitrogens with one attached hydrogen (secondary N) is 3. The van der Waals surface area contributed by atoms with Gasteiger partial charge in [-0.15, -0.1) is 0 Å². The lowest BCUT2D eigenvalue weighted by molar-refractivity contribution is 0.254. The SMILES string of the molecule is O=C(NNc1ccccc1)Nc1ccccc1. The molecule has 0 saturated heterocycles. The summed E-state index contributed by atoms with van der Waals surface area (Å²) in [5.74, 6) is 0. The fraction of sp³-hybridized carbons (Fsp3) is 0. The molecular weight excluding hydrogens is 214 g/mol. The van der Waals surface area contributed by atoms with Gasteiger partial charge in [-0.25, -0.2) is 4.79 Å². The molecule has 0 atom stereocenters. The number of benzene rings is 2. The fourth-order valence-electron chi connectivity index (χ4n) is 1.33. The average Bonchev–Trinajstić information content (AvgIpc) is 2.39. The van der Waals surface area contributed by atoms with Crippen LogP contribution >= 0.6 is 0 Å². The van der Waals surface area contributed by atoms with Crippen LogP contribution in [-0.4, -0.2) is 6.03 Å². The highest BCUT2D eigenvalue weighted by atomic mass is 16.2. The summed E-state index contributed by atoms with van der Waals surface area (Å²) in [6.45, 7) is 0. The first-order chi connectivity index (χ1) is 8.34. The van der Waals surface area contributed by atoms with Crippen molar-refractivity contribution in [3.05, 3.63) is 60.7 Å². The van der Waals surface area contributed by atoms with E-state index < -0.39 is 0 Å².